The largest absolute Gasteiger partial charge is 0.478 e. The van der Waals surface area contributed by atoms with Gasteiger partial charge < -0.3 is 10.4 Å². The Labute approximate surface area is 154 Å². The van der Waals surface area contributed by atoms with Gasteiger partial charge >= 0.3 is 5.97 Å². The lowest BCUT2D eigenvalue weighted by Crippen LogP contribution is -2.34. The van der Waals surface area contributed by atoms with Crippen molar-refractivity contribution < 1.29 is 14.3 Å². The maximum atomic E-state index is 13.3. The second-order valence-corrected chi connectivity index (χ2v) is 6.70. The molecule has 0 bridgehead atoms. The van der Waals surface area contributed by atoms with Crippen LogP contribution >= 0.6 is 38.9 Å². The van der Waals surface area contributed by atoms with E-state index >= 15 is 0 Å². The van der Waals surface area contributed by atoms with Gasteiger partial charge in [0.1, 0.15) is 11.9 Å². The normalized spacial score (nSPS) is 17.5. The number of alkyl halides is 1. The number of aromatic nitrogens is 1. The SMILES string of the molecule is O=C(O)C1=C(CBr)NC(c2nccs2)=NC1c1ccc(F)cc1Cl. The van der Waals surface area contributed by atoms with Gasteiger partial charge in [0.05, 0.1) is 5.57 Å². The van der Waals surface area contributed by atoms with E-state index in [0.29, 0.717) is 22.1 Å². The van der Waals surface area contributed by atoms with Crippen molar-refractivity contribution in [1.29, 1.82) is 0 Å². The zero-order chi connectivity index (χ0) is 17.3. The molecule has 2 heterocycles. The molecule has 124 valence electrons. The number of nitrogens with one attached hydrogen (secondary N) is 1. The summed E-state index contributed by atoms with van der Waals surface area (Å²) in [7, 11) is 0. The highest BCUT2D eigenvalue weighted by molar-refractivity contribution is 9.09. The number of hydrogen-bond donors (Lipinski definition) is 2. The van der Waals surface area contributed by atoms with Crippen LogP contribution in [0.4, 0.5) is 4.39 Å². The van der Waals surface area contributed by atoms with E-state index < -0.39 is 17.8 Å². The number of hydrogen-bond acceptors (Lipinski definition) is 5. The molecular formula is C15H10BrClFN3O2S. The number of thiazole rings is 1. The van der Waals surface area contributed by atoms with E-state index in [1.807, 2.05) is 0 Å². The van der Waals surface area contributed by atoms with Gasteiger partial charge in [0.25, 0.3) is 0 Å². The minimum Gasteiger partial charge on any atom is -0.478 e. The monoisotopic (exact) mass is 429 g/mol. The quantitative estimate of drug-likeness (QED) is 0.724. The maximum Gasteiger partial charge on any atom is 0.335 e. The Balaban J connectivity index is 2.17. The second kappa shape index (κ2) is 7.00. The first-order valence-electron chi connectivity index (χ1n) is 6.73. The first-order valence-corrected chi connectivity index (χ1v) is 9.11. The molecule has 1 aromatic heterocycles. The van der Waals surface area contributed by atoms with E-state index in [1.54, 1.807) is 11.6 Å². The summed E-state index contributed by atoms with van der Waals surface area (Å²) in [5, 5.41) is 15.4. The van der Waals surface area contributed by atoms with Gasteiger partial charge in [0, 0.05) is 33.2 Å². The standard InChI is InChI=1S/C15H10BrClFN3O2S/c16-6-10-11(15(22)23)12(8-2-1-7(18)5-9(8)17)21-13(20-10)14-19-3-4-24-14/h1-5,12H,6H2,(H,20,21)(H,22,23). The molecule has 0 saturated carbocycles. The maximum absolute atomic E-state index is 13.3. The van der Waals surface area contributed by atoms with Gasteiger partial charge in [-0.05, 0) is 12.1 Å². The number of aliphatic imine (C=N–C) groups is 1. The van der Waals surface area contributed by atoms with Gasteiger partial charge in [-0.2, -0.15) is 0 Å². The smallest absolute Gasteiger partial charge is 0.335 e. The number of aliphatic carboxylic acids is 1. The molecule has 1 unspecified atom stereocenters. The number of amidine groups is 1. The van der Waals surface area contributed by atoms with Crippen molar-refractivity contribution >= 4 is 50.7 Å². The lowest BCUT2D eigenvalue weighted by Gasteiger charge is -2.25. The van der Waals surface area contributed by atoms with Gasteiger partial charge in [0.15, 0.2) is 10.8 Å². The van der Waals surface area contributed by atoms with Crippen LogP contribution in [0.3, 0.4) is 0 Å². The third-order valence-corrected chi connectivity index (χ3v) is 5.05. The summed E-state index contributed by atoms with van der Waals surface area (Å²) < 4.78 is 13.3. The zero-order valence-corrected chi connectivity index (χ0v) is 15.1. The summed E-state index contributed by atoms with van der Waals surface area (Å²) in [5.41, 5.74) is 0.929. The molecule has 0 saturated heterocycles. The Morgan fingerprint density at radius 3 is 2.88 bits per heavy atom. The number of carboxylic acid groups (broad SMARTS) is 1. The highest BCUT2D eigenvalue weighted by Gasteiger charge is 2.32. The number of rotatable bonds is 4. The molecule has 1 atom stereocenters. The molecule has 2 N–H and O–H groups in total. The van der Waals surface area contributed by atoms with Gasteiger partial charge in [-0.15, -0.1) is 11.3 Å². The van der Waals surface area contributed by atoms with Crippen molar-refractivity contribution in [3.63, 3.8) is 0 Å². The molecule has 0 radical (unpaired) electrons. The molecule has 0 spiro atoms. The summed E-state index contributed by atoms with van der Waals surface area (Å²) in [6.07, 6.45) is 1.63. The molecule has 0 aliphatic carbocycles. The van der Waals surface area contributed by atoms with E-state index in [-0.39, 0.29) is 15.9 Å². The van der Waals surface area contributed by atoms with Crippen LogP contribution in [0, 0.1) is 5.82 Å². The summed E-state index contributed by atoms with van der Waals surface area (Å²) in [5.74, 6) is -1.16. The van der Waals surface area contributed by atoms with Crippen molar-refractivity contribution in [1.82, 2.24) is 10.3 Å². The van der Waals surface area contributed by atoms with E-state index in [9.17, 15) is 14.3 Å². The fourth-order valence-electron chi connectivity index (χ4n) is 2.35. The van der Waals surface area contributed by atoms with Crippen LogP contribution in [-0.4, -0.2) is 27.2 Å². The summed E-state index contributed by atoms with van der Waals surface area (Å²) in [4.78, 5) is 20.4. The van der Waals surface area contributed by atoms with Crippen molar-refractivity contribution in [2.24, 2.45) is 4.99 Å². The van der Waals surface area contributed by atoms with Crippen LogP contribution in [0.5, 0.6) is 0 Å². The molecule has 5 nitrogen and oxygen atoms in total. The average Bonchev–Trinajstić information content (AvgIpc) is 3.08. The van der Waals surface area contributed by atoms with E-state index in [0.717, 1.165) is 6.07 Å². The highest BCUT2D eigenvalue weighted by atomic mass is 79.9. The average molecular weight is 431 g/mol. The Morgan fingerprint density at radius 2 is 2.29 bits per heavy atom. The first-order chi connectivity index (χ1) is 11.5. The number of carboxylic acids is 1. The van der Waals surface area contributed by atoms with E-state index in [2.05, 4.69) is 31.2 Å². The molecule has 3 rings (SSSR count). The minimum atomic E-state index is -1.12. The Bertz CT molecular complexity index is 854. The van der Waals surface area contributed by atoms with E-state index in [4.69, 9.17) is 11.6 Å². The predicted molar refractivity (Wildman–Crippen MR) is 94.4 cm³/mol. The highest BCUT2D eigenvalue weighted by Crippen LogP contribution is 2.36. The number of allylic oxidation sites excluding steroid dienone is 1. The van der Waals surface area contributed by atoms with Crippen LogP contribution in [0.15, 0.2) is 46.0 Å². The van der Waals surface area contributed by atoms with Crippen molar-refractivity contribution in [3.05, 3.63) is 62.5 Å². The molecule has 1 aliphatic heterocycles. The summed E-state index contributed by atoms with van der Waals surface area (Å²) in [6.45, 7) is 0. The van der Waals surface area contributed by atoms with Crippen molar-refractivity contribution in [2.75, 3.05) is 5.33 Å². The van der Waals surface area contributed by atoms with Crippen LogP contribution in [0.25, 0.3) is 0 Å². The molecular weight excluding hydrogens is 421 g/mol. The summed E-state index contributed by atoms with van der Waals surface area (Å²) in [6, 6.07) is 2.97. The van der Waals surface area contributed by atoms with Gasteiger partial charge in [-0.1, -0.05) is 33.6 Å². The third kappa shape index (κ3) is 3.22. The molecule has 24 heavy (non-hydrogen) atoms. The van der Waals surface area contributed by atoms with Gasteiger partial charge in [-0.3, -0.25) is 4.99 Å². The Kier molecular flexibility index (Phi) is 4.98. The number of carbonyl (C=O) groups is 1. The van der Waals surface area contributed by atoms with Crippen LogP contribution in [-0.2, 0) is 4.79 Å². The molecule has 2 aromatic rings. The second-order valence-electron chi connectivity index (χ2n) is 4.84. The zero-order valence-electron chi connectivity index (χ0n) is 12.0. The molecule has 0 amide bonds. The van der Waals surface area contributed by atoms with E-state index in [1.165, 1.54) is 23.5 Å². The number of benzene rings is 1. The lowest BCUT2D eigenvalue weighted by molar-refractivity contribution is -0.133. The third-order valence-electron chi connectivity index (χ3n) is 3.38. The fourth-order valence-corrected chi connectivity index (χ4v) is 3.65. The Morgan fingerprint density at radius 1 is 1.50 bits per heavy atom. The number of halogens is 3. The predicted octanol–water partition coefficient (Wildman–Crippen LogP) is 3.76. The Hall–Kier alpha value is -1.77. The first kappa shape index (κ1) is 17.1. The summed E-state index contributed by atoms with van der Waals surface area (Å²) >= 11 is 10.8. The van der Waals surface area contributed by atoms with Crippen LogP contribution in [0.1, 0.15) is 16.6 Å². The topological polar surface area (TPSA) is 74.6 Å². The van der Waals surface area contributed by atoms with Crippen LogP contribution < -0.4 is 5.32 Å². The molecule has 1 aromatic carbocycles. The minimum absolute atomic E-state index is 0.0562. The van der Waals surface area contributed by atoms with Crippen molar-refractivity contribution in [3.8, 4) is 0 Å². The molecule has 9 heteroatoms. The van der Waals surface area contributed by atoms with Gasteiger partial charge in [0.2, 0.25) is 0 Å². The fraction of sp³-hybridized carbons (Fsp3) is 0.133. The lowest BCUT2D eigenvalue weighted by atomic mass is 9.96. The number of nitrogens with zero attached hydrogens (tertiary/aromatic N) is 2. The van der Waals surface area contributed by atoms with Crippen LogP contribution in [0.2, 0.25) is 5.02 Å². The van der Waals surface area contributed by atoms with Crippen molar-refractivity contribution in [2.45, 2.75) is 6.04 Å². The molecule has 0 fully saturated rings. The van der Waals surface area contributed by atoms with Gasteiger partial charge in [-0.25, -0.2) is 14.2 Å². The molecule has 1 aliphatic rings.